The van der Waals surface area contributed by atoms with Crippen LogP contribution in [0, 0.1) is 5.41 Å². The first kappa shape index (κ1) is 19.7. The van der Waals surface area contributed by atoms with E-state index in [2.05, 4.69) is 10.6 Å². The van der Waals surface area contributed by atoms with E-state index in [9.17, 15) is 9.59 Å². The van der Waals surface area contributed by atoms with Gasteiger partial charge in [-0.2, -0.15) is 0 Å². The smallest absolute Gasteiger partial charge is 0.291 e. The van der Waals surface area contributed by atoms with Gasteiger partial charge < -0.3 is 19.8 Å². The number of anilines is 1. The minimum atomic E-state index is -0.340. The molecule has 1 aromatic carbocycles. The standard InChI is InChI=1S/C23H28N2O4/c1-2-28-20-15-19(23(20)11-4-3-5-12-23)25-21(26)16-8-6-9-17(14-16)24-22(27)18-10-7-13-29-18/h6-10,13-14,19-20H,2-5,11-12,15H2,1H3,(H,24,27)(H,25,26)/t19-,20-/m1/s1. The van der Waals surface area contributed by atoms with Gasteiger partial charge in [0.05, 0.1) is 12.4 Å². The molecule has 0 aliphatic heterocycles. The summed E-state index contributed by atoms with van der Waals surface area (Å²) in [5.41, 5.74) is 1.18. The lowest BCUT2D eigenvalue weighted by atomic mass is 9.55. The maximum Gasteiger partial charge on any atom is 0.291 e. The molecule has 2 N–H and O–H groups in total. The van der Waals surface area contributed by atoms with Gasteiger partial charge in [0.15, 0.2) is 5.76 Å². The Morgan fingerprint density at radius 2 is 1.97 bits per heavy atom. The van der Waals surface area contributed by atoms with Gasteiger partial charge in [-0.05, 0) is 56.5 Å². The van der Waals surface area contributed by atoms with Gasteiger partial charge in [-0.1, -0.05) is 25.3 Å². The van der Waals surface area contributed by atoms with Gasteiger partial charge in [-0.25, -0.2) is 0 Å². The summed E-state index contributed by atoms with van der Waals surface area (Å²) in [5, 5.41) is 6.01. The van der Waals surface area contributed by atoms with Gasteiger partial charge in [-0.15, -0.1) is 0 Å². The van der Waals surface area contributed by atoms with E-state index in [4.69, 9.17) is 9.15 Å². The van der Waals surface area contributed by atoms with Crippen molar-refractivity contribution < 1.29 is 18.7 Å². The van der Waals surface area contributed by atoms with E-state index in [1.165, 1.54) is 25.5 Å². The van der Waals surface area contributed by atoms with E-state index < -0.39 is 0 Å². The van der Waals surface area contributed by atoms with Gasteiger partial charge in [0.1, 0.15) is 0 Å². The molecule has 2 aliphatic carbocycles. The molecule has 1 heterocycles. The summed E-state index contributed by atoms with van der Waals surface area (Å²) in [7, 11) is 0. The number of carbonyl (C=O) groups is 2. The first-order valence-electron chi connectivity index (χ1n) is 10.5. The monoisotopic (exact) mass is 396 g/mol. The molecule has 2 amide bonds. The van der Waals surface area contributed by atoms with Crippen molar-refractivity contribution in [2.24, 2.45) is 5.41 Å². The first-order valence-corrected chi connectivity index (χ1v) is 10.5. The average Bonchev–Trinajstić information content (AvgIpc) is 3.29. The molecule has 2 aliphatic rings. The number of nitrogens with one attached hydrogen (secondary N) is 2. The van der Waals surface area contributed by atoms with Crippen LogP contribution in [0.25, 0.3) is 0 Å². The topological polar surface area (TPSA) is 80.6 Å². The van der Waals surface area contributed by atoms with Crippen molar-refractivity contribution in [1.29, 1.82) is 0 Å². The normalized spacial score (nSPS) is 22.7. The largest absolute Gasteiger partial charge is 0.459 e. The number of hydrogen-bond donors (Lipinski definition) is 2. The predicted molar refractivity (Wildman–Crippen MR) is 110 cm³/mol. The van der Waals surface area contributed by atoms with Crippen LogP contribution in [-0.4, -0.2) is 30.6 Å². The molecule has 0 bridgehead atoms. The second-order valence-electron chi connectivity index (χ2n) is 8.01. The van der Waals surface area contributed by atoms with E-state index in [0.717, 1.165) is 19.3 Å². The van der Waals surface area contributed by atoms with Crippen molar-refractivity contribution >= 4 is 17.5 Å². The minimum absolute atomic E-state index is 0.0784. The lowest BCUT2D eigenvalue weighted by molar-refractivity contribution is -0.146. The highest BCUT2D eigenvalue weighted by Crippen LogP contribution is 2.53. The Hall–Kier alpha value is -2.60. The Bertz CT molecular complexity index is 856. The van der Waals surface area contributed by atoms with E-state index in [-0.39, 0.29) is 35.1 Å². The van der Waals surface area contributed by atoms with Gasteiger partial charge in [-0.3, -0.25) is 9.59 Å². The zero-order valence-corrected chi connectivity index (χ0v) is 16.8. The van der Waals surface area contributed by atoms with Crippen LogP contribution in [0.4, 0.5) is 5.69 Å². The highest BCUT2D eigenvalue weighted by molar-refractivity contribution is 6.03. The zero-order chi connectivity index (χ0) is 20.3. The molecule has 2 fully saturated rings. The quantitative estimate of drug-likeness (QED) is 0.759. The highest BCUT2D eigenvalue weighted by Gasteiger charge is 2.56. The maximum absolute atomic E-state index is 12.9. The number of ether oxygens (including phenoxy) is 1. The van der Waals surface area contributed by atoms with Crippen LogP contribution in [0.15, 0.2) is 47.1 Å². The fraction of sp³-hybridized carbons (Fsp3) is 0.478. The van der Waals surface area contributed by atoms with Crippen LogP contribution in [0.2, 0.25) is 0 Å². The maximum atomic E-state index is 12.9. The number of amides is 2. The zero-order valence-electron chi connectivity index (χ0n) is 16.8. The summed E-state index contributed by atoms with van der Waals surface area (Å²) in [6.07, 6.45) is 8.45. The van der Waals surface area contributed by atoms with Gasteiger partial charge in [0.25, 0.3) is 11.8 Å². The summed E-state index contributed by atoms with van der Waals surface area (Å²) in [6, 6.07) is 10.4. The number of carbonyl (C=O) groups excluding carboxylic acids is 2. The summed E-state index contributed by atoms with van der Waals surface area (Å²) in [4.78, 5) is 25.1. The molecule has 6 heteroatoms. The molecular formula is C23H28N2O4. The lowest BCUT2D eigenvalue weighted by Gasteiger charge is -2.57. The molecule has 29 heavy (non-hydrogen) atoms. The van der Waals surface area contributed by atoms with Crippen LogP contribution < -0.4 is 10.6 Å². The van der Waals surface area contributed by atoms with Crippen molar-refractivity contribution in [2.45, 2.75) is 57.6 Å². The fourth-order valence-corrected chi connectivity index (χ4v) is 4.85. The second kappa shape index (κ2) is 8.41. The fourth-order valence-electron chi connectivity index (χ4n) is 4.85. The van der Waals surface area contributed by atoms with Crippen LogP contribution >= 0.6 is 0 Å². The van der Waals surface area contributed by atoms with Gasteiger partial charge in [0.2, 0.25) is 0 Å². The second-order valence-corrected chi connectivity index (χ2v) is 8.01. The van der Waals surface area contributed by atoms with Crippen LogP contribution in [0.3, 0.4) is 0 Å². The Morgan fingerprint density at radius 3 is 2.69 bits per heavy atom. The Kier molecular flexibility index (Phi) is 5.72. The molecule has 2 saturated carbocycles. The van der Waals surface area contributed by atoms with Crippen molar-refractivity contribution in [3.63, 3.8) is 0 Å². The SMILES string of the molecule is CCO[C@@H]1C[C@@H](NC(=O)c2cccc(NC(=O)c3ccco3)c2)C12CCCCC2. The Morgan fingerprint density at radius 1 is 1.14 bits per heavy atom. The number of rotatable bonds is 6. The van der Waals surface area contributed by atoms with E-state index in [1.807, 2.05) is 6.92 Å². The molecule has 6 nitrogen and oxygen atoms in total. The van der Waals surface area contributed by atoms with E-state index >= 15 is 0 Å². The lowest BCUT2D eigenvalue weighted by Crippen LogP contribution is -2.65. The molecule has 0 saturated heterocycles. The molecule has 0 unspecified atom stereocenters. The molecule has 4 rings (SSSR count). The van der Waals surface area contributed by atoms with Crippen LogP contribution in [-0.2, 0) is 4.74 Å². The van der Waals surface area contributed by atoms with Gasteiger partial charge >= 0.3 is 0 Å². The third kappa shape index (κ3) is 3.94. The van der Waals surface area contributed by atoms with Crippen molar-refractivity contribution in [3.05, 3.63) is 54.0 Å². The molecule has 0 radical (unpaired) electrons. The molecule has 2 atom stereocenters. The summed E-state index contributed by atoms with van der Waals surface area (Å²) >= 11 is 0. The molecular weight excluding hydrogens is 368 g/mol. The highest BCUT2D eigenvalue weighted by atomic mass is 16.5. The third-order valence-electron chi connectivity index (χ3n) is 6.37. The van der Waals surface area contributed by atoms with E-state index in [1.54, 1.807) is 36.4 Å². The van der Waals surface area contributed by atoms with Crippen molar-refractivity contribution in [3.8, 4) is 0 Å². The molecule has 154 valence electrons. The van der Waals surface area contributed by atoms with Crippen LogP contribution in [0.1, 0.15) is 66.4 Å². The third-order valence-corrected chi connectivity index (χ3v) is 6.37. The number of furan rings is 1. The van der Waals surface area contributed by atoms with Crippen LogP contribution in [0.5, 0.6) is 0 Å². The summed E-state index contributed by atoms with van der Waals surface area (Å²) in [5.74, 6) is -0.216. The van der Waals surface area contributed by atoms with Gasteiger partial charge in [0, 0.05) is 29.3 Å². The average molecular weight is 396 g/mol. The summed E-state index contributed by atoms with van der Waals surface area (Å²) < 4.78 is 11.1. The van der Waals surface area contributed by atoms with Crippen molar-refractivity contribution in [2.75, 3.05) is 11.9 Å². The molecule has 2 aromatic rings. The Balaban J connectivity index is 1.43. The molecule has 1 spiro atoms. The number of hydrogen-bond acceptors (Lipinski definition) is 4. The van der Waals surface area contributed by atoms with E-state index in [0.29, 0.717) is 17.9 Å². The first-order chi connectivity index (χ1) is 14.1. The predicted octanol–water partition coefficient (Wildman–Crippen LogP) is 4.39. The van der Waals surface area contributed by atoms with Crippen molar-refractivity contribution in [1.82, 2.24) is 5.32 Å². The molecule has 1 aromatic heterocycles. The minimum Gasteiger partial charge on any atom is -0.459 e. The number of benzene rings is 1. The Labute approximate surface area is 171 Å². The summed E-state index contributed by atoms with van der Waals surface area (Å²) in [6.45, 7) is 2.75.